The minimum atomic E-state index is -0.310. The Kier molecular flexibility index (Phi) is 4.24. The highest BCUT2D eigenvalue weighted by molar-refractivity contribution is 6.04. The first-order valence-electron chi connectivity index (χ1n) is 11.5. The molecule has 3 aromatic rings. The summed E-state index contributed by atoms with van der Waals surface area (Å²) in [6.07, 6.45) is 6.58. The Hall–Kier alpha value is -3.55. The fourth-order valence-corrected chi connectivity index (χ4v) is 5.73. The van der Waals surface area contributed by atoms with Crippen LogP contribution in [0.4, 0.5) is 11.4 Å². The van der Waals surface area contributed by atoms with Crippen molar-refractivity contribution >= 4 is 23.6 Å². The van der Waals surface area contributed by atoms with E-state index in [1.807, 2.05) is 29.8 Å². The zero-order chi connectivity index (χ0) is 22.8. The SMILES string of the molecule is CC1CC(c2cccc(NC(=O)c3cc(C=O)c4c(n3)C3(CC3)CN4)c2)(c2nncn2C)C1. The Labute approximate surface area is 191 Å². The molecule has 0 unspecified atom stereocenters. The standard InChI is InChI=1S/C25H26N6O2/c1-15-10-25(11-15,23-30-27-14-31(23)2)17-4-3-5-18(9-17)28-22(33)19-8-16(12-32)20-21(29-19)24(6-7-24)13-26-20/h3-5,8-9,12,14-15,26H,6-7,10-11,13H2,1-2H3,(H,28,33). The third-order valence-electron chi connectivity index (χ3n) is 7.58. The summed E-state index contributed by atoms with van der Waals surface area (Å²) in [6, 6.07) is 9.54. The normalized spacial score (nSPS) is 24.0. The van der Waals surface area contributed by atoms with E-state index < -0.39 is 0 Å². The Balaban J connectivity index is 1.31. The fourth-order valence-electron chi connectivity index (χ4n) is 5.73. The van der Waals surface area contributed by atoms with E-state index in [2.05, 4.69) is 38.8 Å². The number of carbonyl (C=O) groups is 2. The third kappa shape index (κ3) is 3.00. The fraction of sp³-hybridized carbons (Fsp3) is 0.400. The molecule has 2 aromatic heterocycles. The van der Waals surface area contributed by atoms with E-state index >= 15 is 0 Å². The predicted octanol–water partition coefficient (Wildman–Crippen LogP) is 3.45. The molecule has 0 bridgehead atoms. The van der Waals surface area contributed by atoms with Crippen molar-refractivity contribution in [3.05, 3.63) is 65.0 Å². The van der Waals surface area contributed by atoms with E-state index in [-0.39, 0.29) is 22.4 Å². The maximum atomic E-state index is 13.2. The lowest BCUT2D eigenvalue weighted by molar-refractivity contribution is 0.102. The quantitative estimate of drug-likeness (QED) is 0.587. The second kappa shape index (κ2) is 6.97. The van der Waals surface area contributed by atoms with Crippen LogP contribution in [0.2, 0.25) is 0 Å². The van der Waals surface area contributed by atoms with Crippen molar-refractivity contribution in [1.29, 1.82) is 0 Å². The largest absolute Gasteiger partial charge is 0.382 e. The molecule has 0 atom stereocenters. The van der Waals surface area contributed by atoms with Gasteiger partial charge in [0.15, 0.2) is 6.29 Å². The molecule has 0 saturated heterocycles. The molecule has 2 N–H and O–H groups in total. The van der Waals surface area contributed by atoms with Crippen molar-refractivity contribution in [3.63, 3.8) is 0 Å². The van der Waals surface area contributed by atoms with Gasteiger partial charge in [-0.15, -0.1) is 10.2 Å². The number of nitrogens with one attached hydrogen (secondary N) is 2. The van der Waals surface area contributed by atoms with Gasteiger partial charge < -0.3 is 15.2 Å². The smallest absolute Gasteiger partial charge is 0.274 e. The van der Waals surface area contributed by atoms with Crippen LogP contribution >= 0.6 is 0 Å². The van der Waals surface area contributed by atoms with Gasteiger partial charge in [0.05, 0.1) is 16.8 Å². The Morgan fingerprint density at radius 2 is 2.09 bits per heavy atom. The molecule has 0 radical (unpaired) electrons. The van der Waals surface area contributed by atoms with E-state index in [4.69, 9.17) is 0 Å². The van der Waals surface area contributed by atoms with Crippen molar-refractivity contribution in [2.45, 2.75) is 43.4 Å². The average molecular weight is 443 g/mol. The first-order chi connectivity index (χ1) is 15.9. The summed E-state index contributed by atoms with van der Waals surface area (Å²) in [7, 11) is 1.97. The highest BCUT2D eigenvalue weighted by Crippen LogP contribution is 2.54. The summed E-state index contributed by atoms with van der Waals surface area (Å²) >= 11 is 0. The van der Waals surface area contributed by atoms with Crippen molar-refractivity contribution in [1.82, 2.24) is 19.7 Å². The number of rotatable bonds is 5. The van der Waals surface area contributed by atoms with E-state index in [9.17, 15) is 9.59 Å². The molecule has 1 aromatic carbocycles. The molecule has 3 aliphatic rings. The number of pyridine rings is 1. The minimum absolute atomic E-state index is 0.00724. The zero-order valence-electron chi connectivity index (χ0n) is 18.8. The van der Waals surface area contributed by atoms with Gasteiger partial charge in [-0.25, -0.2) is 4.98 Å². The summed E-state index contributed by atoms with van der Waals surface area (Å²) in [5, 5.41) is 14.8. The molecule has 1 aliphatic heterocycles. The lowest BCUT2D eigenvalue weighted by Gasteiger charge is -2.46. The molecule has 3 heterocycles. The molecule has 168 valence electrons. The molecule has 2 aliphatic carbocycles. The van der Waals surface area contributed by atoms with Crippen LogP contribution < -0.4 is 10.6 Å². The van der Waals surface area contributed by atoms with Gasteiger partial charge in [0.25, 0.3) is 5.91 Å². The number of nitrogens with zero attached hydrogens (tertiary/aromatic N) is 4. The first-order valence-corrected chi connectivity index (χ1v) is 11.5. The summed E-state index contributed by atoms with van der Waals surface area (Å²) in [4.78, 5) is 29.5. The number of aromatic nitrogens is 4. The number of aldehydes is 1. The van der Waals surface area contributed by atoms with E-state index in [1.54, 1.807) is 12.4 Å². The molecule has 1 spiro atoms. The van der Waals surface area contributed by atoms with Gasteiger partial charge in [0, 0.05) is 30.3 Å². The molecular weight excluding hydrogens is 416 g/mol. The molecular formula is C25H26N6O2. The monoisotopic (exact) mass is 442 g/mol. The van der Waals surface area contributed by atoms with Crippen LogP contribution in [0.1, 0.15) is 70.5 Å². The van der Waals surface area contributed by atoms with Crippen LogP contribution in [0.15, 0.2) is 36.7 Å². The lowest BCUT2D eigenvalue weighted by Crippen LogP contribution is -2.43. The van der Waals surface area contributed by atoms with Gasteiger partial charge in [-0.3, -0.25) is 9.59 Å². The van der Waals surface area contributed by atoms with Crippen LogP contribution in [0.5, 0.6) is 0 Å². The molecule has 8 nitrogen and oxygen atoms in total. The van der Waals surface area contributed by atoms with Crippen molar-refractivity contribution in [3.8, 4) is 0 Å². The molecule has 2 saturated carbocycles. The Morgan fingerprint density at radius 1 is 1.27 bits per heavy atom. The summed E-state index contributed by atoms with van der Waals surface area (Å²) < 4.78 is 1.98. The number of carbonyl (C=O) groups excluding carboxylic acids is 2. The van der Waals surface area contributed by atoms with Crippen LogP contribution in [0.3, 0.4) is 0 Å². The molecule has 2 fully saturated rings. The number of amides is 1. The number of fused-ring (bicyclic) bond motifs is 2. The average Bonchev–Trinajstić information content (AvgIpc) is 3.32. The Bertz CT molecular complexity index is 1290. The van der Waals surface area contributed by atoms with Gasteiger partial charge >= 0.3 is 0 Å². The predicted molar refractivity (Wildman–Crippen MR) is 124 cm³/mol. The molecule has 6 rings (SSSR count). The van der Waals surface area contributed by atoms with Gasteiger partial charge in [-0.05, 0) is 55.4 Å². The van der Waals surface area contributed by atoms with Crippen molar-refractivity contribution < 1.29 is 9.59 Å². The minimum Gasteiger partial charge on any atom is -0.382 e. The van der Waals surface area contributed by atoms with Crippen LogP contribution in [0.25, 0.3) is 0 Å². The summed E-state index contributed by atoms with van der Waals surface area (Å²) in [6.45, 7) is 3.03. The van der Waals surface area contributed by atoms with Crippen molar-refractivity contribution in [2.24, 2.45) is 13.0 Å². The zero-order valence-corrected chi connectivity index (χ0v) is 18.8. The molecule has 8 heteroatoms. The Morgan fingerprint density at radius 3 is 2.76 bits per heavy atom. The van der Waals surface area contributed by atoms with Crippen LogP contribution in [-0.2, 0) is 17.9 Å². The summed E-state index contributed by atoms with van der Waals surface area (Å²) in [5.41, 5.74) is 4.02. The van der Waals surface area contributed by atoms with Crippen molar-refractivity contribution in [2.75, 3.05) is 17.2 Å². The third-order valence-corrected chi connectivity index (χ3v) is 7.58. The number of hydrogen-bond acceptors (Lipinski definition) is 6. The second-order valence-electron chi connectivity index (χ2n) is 9.97. The maximum absolute atomic E-state index is 13.2. The van der Waals surface area contributed by atoms with Crippen LogP contribution in [0, 0.1) is 5.92 Å². The lowest BCUT2D eigenvalue weighted by atomic mass is 9.58. The van der Waals surface area contributed by atoms with Gasteiger partial charge in [0.2, 0.25) is 0 Å². The topological polar surface area (TPSA) is 102 Å². The number of hydrogen-bond donors (Lipinski definition) is 2. The van der Waals surface area contributed by atoms with Gasteiger partial charge in [-0.1, -0.05) is 19.1 Å². The van der Waals surface area contributed by atoms with Gasteiger partial charge in [0.1, 0.15) is 17.8 Å². The van der Waals surface area contributed by atoms with Crippen LogP contribution in [-0.4, -0.2) is 38.5 Å². The highest BCUT2D eigenvalue weighted by Gasteiger charge is 2.51. The molecule has 1 amide bonds. The maximum Gasteiger partial charge on any atom is 0.274 e. The van der Waals surface area contributed by atoms with Gasteiger partial charge in [-0.2, -0.15) is 0 Å². The van der Waals surface area contributed by atoms with E-state index in [0.29, 0.717) is 17.2 Å². The summed E-state index contributed by atoms with van der Waals surface area (Å²) in [5.74, 6) is 1.23. The first kappa shape index (κ1) is 20.1. The van der Waals surface area contributed by atoms with E-state index in [0.717, 1.165) is 61.3 Å². The van der Waals surface area contributed by atoms with E-state index in [1.165, 1.54) is 0 Å². The highest BCUT2D eigenvalue weighted by atomic mass is 16.2. The number of benzene rings is 1. The second-order valence-corrected chi connectivity index (χ2v) is 9.97. The molecule has 33 heavy (non-hydrogen) atoms. The number of anilines is 2. The number of aryl methyl sites for hydroxylation is 1.